The number of Topliss-reactive ketones (excluding diaryl/α,β-unsaturated/α-hetero) is 1. The number of aliphatic imine (C=N–C) groups is 1. The molecule has 3 rings (SSSR count). The third-order valence-corrected chi connectivity index (χ3v) is 3.50. The number of nitrogens with zero attached hydrogens (tertiary/aromatic N) is 1. The molecule has 0 saturated carbocycles. The highest BCUT2D eigenvalue weighted by Crippen LogP contribution is 2.35. The van der Waals surface area contributed by atoms with Gasteiger partial charge in [-0.2, -0.15) is 0 Å². The van der Waals surface area contributed by atoms with E-state index >= 15 is 0 Å². The van der Waals surface area contributed by atoms with Crippen molar-refractivity contribution >= 4 is 28.6 Å². The van der Waals surface area contributed by atoms with Crippen LogP contribution in [-0.2, 0) is 0 Å². The van der Waals surface area contributed by atoms with Gasteiger partial charge in [-0.25, -0.2) is 0 Å². The highest BCUT2D eigenvalue weighted by Gasteiger charge is 2.15. The van der Waals surface area contributed by atoms with Gasteiger partial charge < -0.3 is 5.32 Å². The number of anilines is 2. The number of carbonyl (C=O) groups is 1. The Hall–Kier alpha value is -2.42. The second-order valence-corrected chi connectivity index (χ2v) is 4.87. The summed E-state index contributed by atoms with van der Waals surface area (Å²) >= 11 is 0. The Bertz CT molecular complexity index is 717. The molecule has 0 saturated heterocycles. The highest BCUT2D eigenvalue weighted by molar-refractivity contribution is 6.09. The van der Waals surface area contributed by atoms with Crippen LogP contribution in [0.2, 0.25) is 0 Å². The van der Waals surface area contributed by atoms with E-state index in [1.807, 2.05) is 30.3 Å². The molecule has 0 atom stereocenters. The first-order chi connectivity index (χ1) is 9.69. The maximum atomic E-state index is 11.5. The lowest BCUT2D eigenvalue weighted by molar-refractivity contribution is 0.101. The Morgan fingerprint density at radius 3 is 2.70 bits per heavy atom. The van der Waals surface area contributed by atoms with E-state index in [0.29, 0.717) is 5.56 Å². The van der Waals surface area contributed by atoms with E-state index in [0.717, 1.165) is 34.8 Å². The molecule has 0 bridgehead atoms. The molecule has 1 heterocycles. The molecular weight excluding hydrogens is 248 g/mol. The van der Waals surface area contributed by atoms with Crippen molar-refractivity contribution in [3.05, 3.63) is 53.6 Å². The van der Waals surface area contributed by atoms with Crippen LogP contribution in [0.25, 0.3) is 0 Å². The summed E-state index contributed by atoms with van der Waals surface area (Å²) in [6.45, 7) is 3.67. The number of nitrogens with one attached hydrogen (secondary N) is 1. The molecule has 20 heavy (non-hydrogen) atoms. The van der Waals surface area contributed by atoms with Crippen molar-refractivity contribution in [2.45, 2.75) is 20.3 Å². The molecule has 3 nitrogen and oxygen atoms in total. The van der Waals surface area contributed by atoms with Gasteiger partial charge in [0.15, 0.2) is 5.78 Å². The summed E-state index contributed by atoms with van der Waals surface area (Å²) in [5, 5.41) is 3.41. The SMILES string of the molecule is CCC1=Nc2cc(C(C)=O)ccc2Nc2ccccc21. The topological polar surface area (TPSA) is 41.5 Å². The van der Waals surface area contributed by atoms with Gasteiger partial charge in [-0.1, -0.05) is 25.1 Å². The summed E-state index contributed by atoms with van der Waals surface area (Å²) in [4.78, 5) is 16.3. The highest BCUT2D eigenvalue weighted by atomic mass is 16.1. The van der Waals surface area contributed by atoms with Gasteiger partial charge in [-0.05, 0) is 37.6 Å². The van der Waals surface area contributed by atoms with Crippen molar-refractivity contribution in [3.8, 4) is 0 Å². The number of para-hydroxylation sites is 1. The molecule has 1 N–H and O–H groups in total. The Kier molecular flexibility index (Phi) is 3.11. The lowest BCUT2D eigenvalue weighted by atomic mass is 10.1. The molecule has 3 heteroatoms. The van der Waals surface area contributed by atoms with Gasteiger partial charge in [0, 0.05) is 16.8 Å². The van der Waals surface area contributed by atoms with E-state index in [9.17, 15) is 4.79 Å². The Balaban J connectivity index is 2.20. The number of benzene rings is 2. The first kappa shape index (κ1) is 12.6. The molecular formula is C17H16N2O. The fourth-order valence-corrected chi connectivity index (χ4v) is 2.41. The minimum atomic E-state index is 0.0582. The normalized spacial score (nSPS) is 12.6. The monoisotopic (exact) mass is 264 g/mol. The van der Waals surface area contributed by atoms with Crippen LogP contribution in [0.15, 0.2) is 47.5 Å². The van der Waals surface area contributed by atoms with Crippen LogP contribution in [0.1, 0.15) is 36.2 Å². The minimum Gasteiger partial charge on any atom is -0.353 e. The Labute approximate surface area is 118 Å². The average Bonchev–Trinajstić information content (AvgIpc) is 2.62. The van der Waals surface area contributed by atoms with Gasteiger partial charge in [0.1, 0.15) is 0 Å². The van der Waals surface area contributed by atoms with Gasteiger partial charge >= 0.3 is 0 Å². The van der Waals surface area contributed by atoms with Crippen molar-refractivity contribution in [1.29, 1.82) is 0 Å². The van der Waals surface area contributed by atoms with E-state index in [1.165, 1.54) is 0 Å². The zero-order valence-electron chi connectivity index (χ0n) is 11.6. The van der Waals surface area contributed by atoms with Crippen molar-refractivity contribution < 1.29 is 4.79 Å². The van der Waals surface area contributed by atoms with Crippen molar-refractivity contribution in [3.63, 3.8) is 0 Å². The summed E-state index contributed by atoms with van der Waals surface area (Å²) in [5.74, 6) is 0.0582. The summed E-state index contributed by atoms with van der Waals surface area (Å²) in [6.07, 6.45) is 0.850. The van der Waals surface area contributed by atoms with Gasteiger partial charge in [-0.15, -0.1) is 0 Å². The molecule has 1 aliphatic rings. The first-order valence-corrected chi connectivity index (χ1v) is 6.78. The number of hydrogen-bond donors (Lipinski definition) is 1. The van der Waals surface area contributed by atoms with Crippen molar-refractivity contribution in [2.24, 2.45) is 4.99 Å². The minimum absolute atomic E-state index is 0.0582. The number of rotatable bonds is 2. The zero-order valence-corrected chi connectivity index (χ0v) is 11.6. The summed E-state index contributed by atoms with van der Waals surface area (Å²) < 4.78 is 0. The van der Waals surface area contributed by atoms with Gasteiger partial charge in [-0.3, -0.25) is 9.79 Å². The van der Waals surface area contributed by atoms with Crippen LogP contribution < -0.4 is 5.32 Å². The molecule has 2 aromatic rings. The van der Waals surface area contributed by atoms with Crippen LogP contribution in [0, 0.1) is 0 Å². The van der Waals surface area contributed by atoms with Crippen LogP contribution in [0.5, 0.6) is 0 Å². The van der Waals surface area contributed by atoms with Crippen molar-refractivity contribution in [1.82, 2.24) is 0 Å². The lowest BCUT2D eigenvalue weighted by Crippen LogP contribution is -2.00. The van der Waals surface area contributed by atoms with Crippen LogP contribution >= 0.6 is 0 Å². The van der Waals surface area contributed by atoms with E-state index in [-0.39, 0.29) is 5.78 Å². The Morgan fingerprint density at radius 2 is 1.95 bits per heavy atom. The quantitative estimate of drug-likeness (QED) is 0.813. The zero-order chi connectivity index (χ0) is 14.1. The van der Waals surface area contributed by atoms with Gasteiger partial charge in [0.2, 0.25) is 0 Å². The van der Waals surface area contributed by atoms with Gasteiger partial charge in [0.05, 0.1) is 17.1 Å². The molecule has 1 aliphatic heterocycles. The van der Waals surface area contributed by atoms with E-state index in [1.54, 1.807) is 6.92 Å². The molecule has 0 unspecified atom stereocenters. The molecule has 100 valence electrons. The molecule has 0 aliphatic carbocycles. The predicted octanol–water partition coefficient (Wildman–Crippen LogP) is 4.48. The standard InChI is InChI=1S/C17H16N2O/c1-3-14-13-6-4-5-7-15(13)19-16-9-8-12(11(2)20)10-17(16)18-14/h4-10,19H,3H2,1-2H3. The fraction of sp³-hybridized carbons (Fsp3) is 0.176. The molecule has 0 aromatic heterocycles. The third kappa shape index (κ3) is 2.11. The molecule has 0 radical (unpaired) electrons. The number of ketones is 1. The van der Waals surface area contributed by atoms with Crippen molar-refractivity contribution in [2.75, 3.05) is 5.32 Å². The van der Waals surface area contributed by atoms with E-state index in [2.05, 4.69) is 24.4 Å². The smallest absolute Gasteiger partial charge is 0.159 e. The maximum absolute atomic E-state index is 11.5. The number of carbonyl (C=O) groups excluding carboxylic acids is 1. The fourth-order valence-electron chi connectivity index (χ4n) is 2.41. The molecule has 0 spiro atoms. The summed E-state index contributed by atoms with van der Waals surface area (Å²) in [5.41, 5.74) is 5.66. The number of fused-ring (bicyclic) bond motifs is 2. The second kappa shape index (κ2) is 4.93. The largest absolute Gasteiger partial charge is 0.353 e. The summed E-state index contributed by atoms with van der Waals surface area (Å²) in [6, 6.07) is 13.8. The molecule has 0 fully saturated rings. The van der Waals surface area contributed by atoms with Crippen LogP contribution in [-0.4, -0.2) is 11.5 Å². The number of hydrogen-bond acceptors (Lipinski definition) is 3. The van der Waals surface area contributed by atoms with Gasteiger partial charge in [0.25, 0.3) is 0 Å². The Morgan fingerprint density at radius 1 is 1.15 bits per heavy atom. The maximum Gasteiger partial charge on any atom is 0.159 e. The average molecular weight is 264 g/mol. The summed E-state index contributed by atoms with van der Waals surface area (Å²) in [7, 11) is 0. The molecule has 2 aromatic carbocycles. The molecule has 0 amide bonds. The van der Waals surface area contributed by atoms with E-state index in [4.69, 9.17) is 4.99 Å². The van der Waals surface area contributed by atoms with Crippen LogP contribution in [0.3, 0.4) is 0 Å². The lowest BCUT2D eigenvalue weighted by Gasteiger charge is -2.09. The van der Waals surface area contributed by atoms with Crippen LogP contribution in [0.4, 0.5) is 17.1 Å². The second-order valence-electron chi connectivity index (χ2n) is 4.87. The predicted molar refractivity (Wildman–Crippen MR) is 82.7 cm³/mol. The first-order valence-electron chi connectivity index (χ1n) is 6.78. The van der Waals surface area contributed by atoms with E-state index < -0.39 is 0 Å². The third-order valence-electron chi connectivity index (χ3n) is 3.50.